The van der Waals surface area contributed by atoms with Gasteiger partial charge in [-0.2, -0.15) is 0 Å². The number of hydrogen-bond donors (Lipinski definition) is 1. The summed E-state index contributed by atoms with van der Waals surface area (Å²) in [5.41, 5.74) is 2.72. The molecular formula is C11H12FNO2. The van der Waals surface area contributed by atoms with Gasteiger partial charge in [-0.1, -0.05) is 0 Å². The monoisotopic (exact) mass is 209 g/mol. The number of hydroxylamine groups is 1. The Morgan fingerprint density at radius 2 is 2.07 bits per heavy atom. The van der Waals surface area contributed by atoms with Gasteiger partial charge in [-0.25, -0.2) is 9.87 Å². The van der Waals surface area contributed by atoms with Crippen LogP contribution in [-0.2, 0) is 4.84 Å². The lowest BCUT2D eigenvalue weighted by Crippen LogP contribution is -2.24. The Bertz CT molecular complexity index is 346. The molecule has 0 heterocycles. The third-order valence-corrected chi connectivity index (χ3v) is 2.29. The number of amides is 1. The Labute approximate surface area is 87.2 Å². The molecule has 1 amide bonds. The minimum atomic E-state index is -0.356. The third kappa shape index (κ3) is 3.02. The molecular weight excluding hydrogens is 197 g/mol. The zero-order valence-corrected chi connectivity index (χ0v) is 8.20. The number of rotatable bonds is 4. The zero-order chi connectivity index (χ0) is 10.7. The van der Waals surface area contributed by atoms with Gasteiger partial charge < -0.3 is 0 Å². The highest BCUT2D eigenvalue weighted by Gasteiger charge is 2.21. The molecule has 2 rings (SSSR count). The van der Waals surface area contributed by atoms with Crippen LogP contribution in [0.15, 0.2) is 24.3 Å². The van der Waals surface area contributed by atoms with Crippen molar-refractivity contribution in [2.24, 2.45) is 5.92 Å². The van der Waals surface area contributed by atoms with Gasteiger partial charge in [-0.05, 0) is 43.0 Å². The molecule has 4 heteroatoms. The average Bonchev–Trinajstić information content (AvgIpc) is 3.02. The fraction of sp³-hybridized carbons (Fsp3) is 0.364. The second-order valence-electron chi connectivity index (χ2n) is 3.69. The van der Waals surface area contributed by atoms with Gasteiger partial charge in [0.2, 0.25) is 0 Å². The van der Waals surface area contributed by atoms with Gasteiger partial charge in [0.05, 0.1) is 6.61 Å². The highest BCUT2D eigenvalue weighted by atomic mass is 19.1. The second kappa shape index (κ2) is 4.40. The molecule has 1 N–H and O–H groups in total. The molecule has 1 aromatic carbocycles. The molecule has 1 saturated carbocycles. The van der Waals surface area contributed by atoms with Crippen molar-refractivity contribution in [1.29, 1.82) is 0 Å². The number of nitrogens with one attached hydrogen (secondary N) is 1. The van der Waals surface area contributed by atoms with Crippen molar-refractivity contribution >= 4 is 5.91 Å². The van der Waals surface area contributed by atoms with Crippen molar-refractivity contribution in [3.8, 4) is 0 Å². The maximum Gasteiger partial charge on any atom is 0.274 e. The summed E-state index contributed by atoms with van der Waals surface area (Å²) in [6.45, 7) is 0.562. The molecule has 15 heavy (non-hydrogen) atoms. The fourth-order valence-corrected chi connectivity index (χ4v) is 1.17. The minimum absolute atomic E-state index is 0.337. The molecule has 1 aromatic rings. The number of hydrogen-bond acceptors (Lipinski definition) is 2. The Balaban J connectivity index is 1.81. The first-order chi connectivity index (χ1) is 7.25. The smallest absolute Gasteiger partial charge is 0.273 e. The van der Waals surface area contributed by atoms with Crippen LogP contribution >= 0.6 is 0 Å². The van der Waals surface area contributed by atoms with Gasteiger partial charge in [0, 0.05) is 5.56 Å². The normalized spacial score (nSPS) is 15.0. The van der Waals surface area contributed by atoms with E-state index < -0.39 is 0 Å². The Morgan fingerprint density at radius 1 is 1.40 bits per heavy atom. The van der Waals surface area contributed by atoms with Gasteiger partial charge in [0.25, 0.3) is 5.91 Å². The van der Waals surface area contributed by atoms with E-state index in [9.17, 15) is 9.18 Å². The maximum atomic E-state index is 12.6. The van der Waals surface area contributed by atoms with Crippen molar-refractivity contribution in [3.63, 3.8) is 0 Å². The van der Waals surface area contributed by atoms with Crippen LogP contribution in [0.5, 0.6) is 0 Å². The van der Waals surface area contributed by atoms with Gasteiger partial charge in [-0.3, -0.25) is 9.63 Å². The van der Waals surface area contributed by atoms with Crippen LogP contribution in [0.4, 0.5) is 4.39 Å². The van der Waals surface area contributed by atoms with Crippen molar-refractivity contribution in [1.82, 2.24) is 5.48 Å². The van der Waals surface area contributed by atoms with Crippen molar-refractivity contribution in [2.45, 2.75) is 12.8 Å². The predicted molar refractivity (Wildman–Crippen MR) is 52.5 cm³/mol. The molecule has 0 aromatic heterocycles. The first-order valence-corrected chi connectivity index (χ1v) is 4.93. The summed E-state index contributed by atoms with van der Waals surface area (Å²) in [6, 6.07) is 5.34. The maximum absolute atomic E-state index is 12.6. The molecule has 1 aliphatic rings. The molecule has 0 radical (unpaired) electrons. The molecule has 1 fully saturated rings. The molecule has 0 bridgehead atoms. The van der Waals surface area contributed by atoms with E-state index in [1.54, 1.807) is 0 Å². The van der Waals surface area contributed by atoms with E-state index in [1.165, 1.54) is 37.1 Å². The van der Waals surface area contributed by atoms with Crippen molar-refractivity contribution in [3.05, 3.63) is 35.6 Å². The molecule has 80 valence electrons. The molecule has 3 nitrogen and oxygen atoms in total. The molecule has 0 unspecified atom stereocenters. The predicted octanol–water partition coefficient (Wildman–Crippen LogP) is 1.90. The molecule has 0 saturated heterocycles. The fourth-order valence-electron chi connectivity index (χ4n) is 1.17. The van der Waals surface area contributed by atoms with Crippen molar-refractivity contribution < 1.29 is 14.0 Å². The third-order valence-electron chi connectivity index (χ3n) is 2.29. The highest BCUT2D eigenvalue weighted by Crippen LogP contribution is 2.28. The van der Waals surface area contributed by atoms with Crippen LogP contribution in [-0.4, -0.2) is 12.5 Å². The number of halogens is 1. The summed E-state index contributed by atoms with van der Waals surface area (Å²) in [5, 5.41) is 0. The standard InChI is InChI=1S/C11H12FNO2/c12-10-5-3-9(4-6-10)11(14)13-15-7-8-1-2-8/h3-6,8H,1-2,7H2,(H,13,14). The summed E-state index contributed by atoms with van der Waals surface area (Å²) in [6.07, 6.45) is 2.35. The summed E-state index contributed by atoms with van der Waals surface area (Å²) in [5.74, 6) is -0.0976. The van der Waals surface area contributed by atoms with E-state index in [4.69, 9.17) is 4.84 Å². The van der Waals surface area contributed by atoms with Gasteiger partial charge in [0.15, 0.2) is 0 Å². The lowest BCUT2D eigenvalue weighted by Gasteiger charge is -2.04. The van der Waals surface area contributed by atoms with E-state index in [0.717, 1.165) is 0 Å². The molecule has 1 aliphatic carbocycles. The van der Waals surface area contributed by atoms with Gasteiger partial charge in [0.1, 0.15) is 5.82 Å². The lowest BCUT2D eigenvalue weighted by molar-refractivity contribution is 0.0270. The Morgan fingerprint density at radius 3 is 2.67 bits per heavy atom. The van der Waals surface area contributed by atoms with Crippen LogP contribution < -0.4 is 5.48 Å². The number of carbonyl (C=O) groups excluding carboxylic acids is 1. The molecule has 0 atom stereocenters. The highest BCUT2D eigenvalue weighted by molar-refractivity contribution is 5.93. The second-order valence-corrected chi connectivity index (χ2v) is 3.69. The topological polar surface area (TPSA) is 38.3 Å². The Hall–Kier alpha value is -1.42. The van der Waals surface area contributed by atoms with Gasteiger partial charge in [-0.15, -0.1) is 0 Å². The van der Waals surface area contributed by atoms with Crippen LogP contribution in [0.1, 0.15) is 23.2 Å². The summed E-state index contributed by atoms with van der Waals surface area (Å²) in [4.78, 5) is 16.4. The van der Waals surface area contributed by atoms with Crippen LogP contribution in [0.25, 0.3) is 0 Å². The van der Waals surface area contributed by atoms with Crippen molar-refractivity contribution in [2.75, 3.05) is 6.61 Å². The van der Waals surface area contributed by atoms with E-state index in [0.29, 0.717) is 18.1 Å². The van der Waals surface area contributed by atoms with Gasteiger partial charge >= 0.3 is 0 Å². The first kappa shape index (κ1) is 10.1. The first-order valence-electron chi connectivity index (χ1n) is 4.93. The van der Waals surface area contributed by atoms with E-state index in [-0.39, 0.29) is 11.7 Å². The quantitative estimate of drug-likeness (QED) is 0.769. The number of carbonyl (C=O) groups is 1. The largest absolute Gasteiger partial charge is 0.274 e. The summed E-state index contributed by atoms with van der Waals surface area (Å²) >= 11 is 0. The van der Waals surface area contributed by atoms with Crippen LogP contribution in [0.3, 0.4) is 0 Å². The average molecular weight is 209 g/mol. The van der Waals surface area contributed by atoms with E-state index in [2.05, 4.69) is 5.48 Å². The SMILES string of the molecule is O=C(NOCC1CC1)c1ccc(F)cc1. The van der Waals surface area contributed by atoms with Crippen LogP contribution in [0.2, 0.25) is 0 Å². The van der Waals surface area contributed by atoms with Crippen LogP contribution in [0, 0.1) is 11.7 Å². The summed E-state index contributed by atoms with van der Waals surface area (Å²) in [7, 11) is 0. The zero-order valence-electron chi connectivity index (χ0n) is 8.20. The Kier molecular flexibility index (Phi) is 2.97. The van der Waals surface area contributed by atoms with E-state index >= 15 is 0 Å². The lowest BCUT2D eigenvalue weighted by atomic mass is 10.2. The van der Waals surface area contributed by atoms with E-state index in [1.807, 2.05) is 0 Å². The molecule has 0 spiro atoms. The minimum Gasteiger partial charge on any atom is -0.273 e. The number of benzene rings is 1. The summed E-state index contributed by atoms with van der Waals surface area (Å²) < 4.78 is 12.6. The molecule has 0 aliphatic heterocycles.